The van der Waals surface area contributed by atoms with Crippen LogP contribution in [0.2, 0.25) is 5.02 Å². The lowest BCUT2D eigenvalue weighted by Crippen LogP contribution is -2.33. The van der Waals surface area contributed by atoms with Crippen LogP contribution in [0.3, 0.4) is 0 Å². The topological polar surface area (TPSA) is 89.7 Å². The number of carbonyl (C=O) groups is 3. The van der Waals surface area contributed by atoms with Crippen molar-refractivity contribution in [2.75, 3.05) is 13.2 Å². The van der Waals surface area contributed by atoms with Crippen LogP contribution in [-0.4, -0.2) is 41.0 Å². The Kier molecular flexibility index (Phi) is 5.09. The minimum atomic E-state index is -0.834. The second kappa shape index (κ2) is 7.72. The molecule has 0 radical (unpaired) electrons. The highest BCUT2D eigenvalue weighted by atomic mass is 35.5. The summed E-state index contributed by atoms with van der Waals surface area (Å²) in [5.41, 5.74) is 0.370. The number of aryl methyl sites for hydroxylation is 1. The van der Waals surface area contributed by atoms with Crippen LogP contribution < -0.4 is 0 Å². The van der Waals surface area contributed by atoms with Crippen LogP contribution in [0.15, 0.2) is 47.0 Å². The van der Waals surface area contributed by atoms with Crippen LogP contribution in [0.1, 0.15) is 36.8 Å². The molecule has 2 heterocycles. The molecular formula is C21H14ClFN2O5. The number of hydrogen-bond acceptors (Lipinski definition) is 6. The first-order valence-electron chi connectivity index (χ1n) is 8.93. The number of nitrogens with zero attached hydrogens (tertiary/aromatic N) is 2. The Morgan fingerprint density at radius 3 is 2.43 bits per heavy atom. The molecule has 152 valence electrons. The molecule has 2 aromatic carbocycles. The summed E-state index contributed by atoms with van der Waals surface area (Å²) in [7, 11) is 0. The molecule has 0 atom stereocenters. The van der Waals surface area contributed by atoms with E-state index in [4.69, 9.17) is 20.9 Å². The molecule has 0 unspecified atom stereocenters. The maximum absolute atomic E-state index is 14.3. The zero-order valence-corrected chi connectivity index (χ0v) is 16.4. The summed E-state index contributed by atoms with van der Waals surface area (Å²) >= 11 is 6.06. The van der Waals surface area contributed by atoms with E-state index in [-0.39, 0.29) is 40.8 Å². The van der Waals surface area contributed by atoms with Crippen LogP contribution in [-0.2, 0) is 4.74 Å². The van der Waals surface area contributed by atoms with Gasteiger partial charge in [-0.15, -0.1) is 0 Å². The number of fused-ring (bicyclic) bond motifs is 1. The number of esters is 1. The SMILES string of the molecule is Cc1onc(-c2c(F)cccc2Cl)c1C(=O)OCCN1C(=O)c2ccccc2C1=O. The average Bonchev–Trinajstić information content (AvgIpc) is 3.21. The van der Waals surface area contributed by atoms with Gasteiger partial charge in [0.25, 0.3) is 11.8 Å². The molecule has 30 heavy (non-hydrogen) atoms. The van der Waals surface area contributed by atoms with Gasteiger partial charge < -0.3 is 9.26 Å². The van der Waals surface area contributed by atoms with Crippen molar-refractivity contribution in [1.82, 2.24) is 10.1 Å². The van der Waals surface area contributed by atoms with E-state index in [1.165, 1.54) is 25.1 Å². The number of amides is 2. The third kappa shape index (κ3) is 3.25. The highest BCUT2D eigenvalue weighted by molar-refractivity contribution is 6.33. The standard InChI is InChI=1S/C21H14ClFN2O5/c1-11-16(18(24-30-11)17-14(22)7-4-8-15(17)23)21(28)29-10-9-25-19(26)12-5-2-3-6-13(12)20(25)27/h2-8H,9-10H2,1H3. The number of rotatable bonds is 5. The number of ether oxygens (including phenoxy) is 1. The maximum Gasteiger partial charge on any atom is 0.344 e. The van der Waals surface area contributed by atoms with Crippen LogP contribution in [0, 0.1) is 12.7 Å². The first kappa shape index (κ1) is 19.8. The van der Waals surface area contributed by atoms with E-state index in [2.05, 4.69) is 5.16 Å². The molecule has 0 fully saturated rings. The number of aromatic nitrogens is 1. The predicted octanol–water partition coefficient (Wildman–Crippen LogP) is 3.90. The van der Waals surface area contributed by atoms with Gasteiger partial charge >= 0.3 is 5.97 Å². The molecule has 4 rings (SSSR count). The van der Waals surface area contributed by atoms with Crippen LogP contribution in [0.25, 0.3) is 11.3 Å². The summed E-state index contributed by atoms with van der Waals surface area (Å²) in [6.07, 6.45) is 0. The summed E-state index contributed by atoms with van der Waals surface area (Å²) in [5, 5.41) is 3.81. The monoisotopic (exact) mass is 428 g/mol. The molecule has 1 aromatic heterocycles. The lowest BCUT2D eigenvalue weighted by atomic mass is 10.1. The number of halogens is 2. The summed E-state index contributed by atoms with van der Waals surface area (Å²) in [4.78, 5) is 38.4. The molecule has 9 heteroatoms. The fourth-order valence-corrected chi connectivity index (χ4v) is 3.50. The second-order valence-corrected chi connectivity index (χ2v) is 6.91. The van der Waals surface area contributed by atoms with E-state index in [9.17, 15) is 18.8 Å². The fraction of sp³-hybridized carbons (Fsp3) is 0.143. The first-order chi connectivity index (χ1) is 14.4. The maximum atomic E-state index is 14.3. The lowest BCUT2D eigenvalue weighted by molar-refractivity contribution is 0.0419. The Hall–Kier alpha value is -3.52. The lowest BCUT2D eigenvalue weighted by Gasteiger charge is -2.14. The zero-order chi connectivity index (χ0) is 21.4. The van der Waals surface area contributed by atoms with Crippen LogP contribution >= 0.6 is 11.6 Å². The van der Waals surface area contributed by atoms with Crippen molar-refractivity contribution in [3.63, 3.8) is 0 Å². The Morgan fingerprint density at radius 1 is 1.13 bits per heavy atom. The minimum absolute atomic E-state index is 0.0587. The molecule has 0 saturated carbocycles. The van der Waals surface area contributed by atoms with Gasteiger partial charge in [0.2, 0.25) is 0 Å². The normalized spacial score (nSPS) is 13.0. The number of hydrogen-bond donors (Lipinski definition) is 0. The van der Waals surface area contributed by atoms with Crippen molar-refractivity contribution in [3.05, 3.63) is 75.8 Å². The zero-order valence-electron chi connectivity index (χ0n) is 15.6. The van der Waals surface area contributed by atoms with Gasteiger partial charge in [0.05, 0.1) is 28.3 Å². The Bertz CT molecular complexity index is 1130. The van der Waals surface area contributed by atoms with Crippen LogP contribution in [0.4, 0.5) is 4.39 Å². The Morgan fingerprint density at radius 2 is 1.80 bits per heavy atom. The van der Waals surface area contributed by atoms with Crippen molar-refractivity contribution >= 4 is 29.4 Å². The van der Waals surface area contributed by atoms with E-state index in [0.29, 0.717) is 11.1 Å². The van der Waals surface area contributed by atoms with Gasteiger partial charge in [-0.05, 0) is 31.2 Å². The molecule has 1 aliphatic heterocycles. The van der Waals surface area contributed by atoms with Crippen molar-refractivity contribution in [3.8, 4) is 11.3 Å². The van der Waals surface area contributed by atoms with Crippen molar-refractivity contribution < 1.29 is 28.0 Å². The number of benzene rings is 2. The van der Waals surface area contributed by atoms with Gasteiger partial charge in [-0.1, -0.05) is 35.0 Å². The van der Waals surface area contributed by atoms with Gasteiger partial charge in [0, 0.05) is 0 Å². The molecule has 0 saturated heterocycles. The minimum Gasteiger partial charge on any atom is -0.460 e. The van der Waals surface area contributed by atoms with Gasteiger partial charge in [0.15, 0.2) is 0 Å². The first-order valence-corrected chi connectivity index (χ1v) is 9.31. The summed E-state index contributed by atoms with van der Waals surface area (Å²) in [6, 6.07) is 10.5. The second-order valence-electron chi connectivity index (χ2n) is 6.50. The molecule has 3 aromatic rings. The van der Waals surface area contributed by atoms with Gasteiger partial charge in [-0.2, -0.15) is 0 Å². The third-order valence-corrected chi connectivity index (χ3v) is 5.01. The number of carbonyl (C=O) groups excluding carboxylic acids is 3. The fourth-order valence-electron chi connectivity index (χ4n) is 3.25. The third-order valence-electron chi connectivity index (χ3n) is 4.69. The smallest absolute Gasteiger partial charge is 0.344 e. The van der Waals surface area contributed by atoms with E-state index < -0.39 is 23.6 Å². The summed E-state index contributed by atoms with van der Waals surface area (Å²) in [6.45, 7) is 1.10. The summed E-state index contributed by atoms with van der Waals surface area (Å²) in [5.74, 6) is -2.29. The van der Waals surface area contributed by atoms with Gasteiger partial charge in [-0.3, -0.25) is 14.5 Å². The van der Waals surface area contributed by atoms with Crippen molar-refractivity contribution in [2.45, 2.75) is 6.92 Å². The van der Waals surface area contributed by atoms with Gasteiger partial charge in [-0.25, -0.2) is 9.18 Å². The van der Waals surface area contributed by atoms with E-state index in [1.807, 2.05) is 0 Å². The molecule has 0 aliphatic carbocycles. The highest BCUT2D eigenvalue weighted by Gasteiger charge is 2.35. The Labute approximate surface area is 175 Å². The van der Waals surface area contributed by atoms with Crippen molar-refractivity contribution in [1.29, 1.82) is 0 Å². The summed E-state index contributed by atoms with van der Waals surface area (Å²) < 4.78 is 24.5. The molecule has 0 N–H and O–H groups in total. The molecule has 2 amide bonds. The van der Waals surface area contributed by atoms with Crippen LogP contribution in [0.5, 0.6) is 0 Å². The Balaban J connectivity index is 1.50. The largest absolute Gasteiger partial charge is 0.460 e. The van der Waals surface area contributed by atoms with E-state index in [1.54, 1.807) is 24.3 Å². The molecule has 0 bridgehead atoms. The predicted molar refractivity (Wildman–Crippen MR) is 104 cm³/mol. The molecular weight excluding hydrogens is 415 g/mol. The quantitative estimate of drug-likeness (QED) is 0.452. The van der Waals surface area contributed by atoms with E-state index in [0.717, 1.165) is 4.90 Å². The molecule has 7 nitrogen and oxygen atoms in total. The van der Waals surface area contributed by atoms with E-state index >= 15 is 0 Å². The van der Waals surface area contributed by atoms with Gasteiger partial charge in [0.1, 0.15) is 29.4 Å². The van der Waals surface area contributed by atoms with Crippen molar-refractivity contribution in [2.24, 2.45) is 0 Å². The average molecular weight is 429 g/mol. The molecule has 0 spiro atoms. The number of imide groups is 1. The highest BCUT2D eigenvalue weighted by Crippen LogP contribution is 2.33. The molecule has 1 aliphatic rings.